The van der Waals surface area contributed by atoms with E-state index in [1.165, 1.54) is 18.2 Å². The zero-order chi connectivity index (χ0) is 27.7. The fourth-order valence-electron chi connectivity index (χ4n) is 4.76. The van der Waals surface area contributed by atoms with Crippen LogP contribution in [-0.4, -0.2) is 33.6 Å². The van der Waals surface area contributed by atoms with Crippen molar-refractivity contribution in [3.05, 3.63) is 105 Å². The summed E-state index contributed by atoms with van der Waals surface area (Å²) < 4.78 is 54.4. The zero-order valence-electron chi connectivity index (χ0n) is 20.4. The largest absolute Gasteiger partial charge is 0.416 e. The van der Waals surface area contributed by atoms with Gasteiger partial charge in [0.25, 0.3) is 0 Å². The number of benzene rings is 2. The predicted molar refractivity (Wildman–Crippen MR) is 143 cm³/mol. The first-order valence-corrected chi connectivity index (χ1v) is 12.8. The summed E-state index contributed by atoms with van der Waals surface area (Å²) in [5.41, 5.74) is 2.77. The number of hydrogen-bond donors (Lipinski definition) is 1. The van der Waals surface area contributed by atoms with Gasteiger partial charge in [0.1, 0.15) is 11.0 Å². The van der Waals surface area contributed by atoms with E-state index in [-0.39, 0.29) is 17.6 Å². The highest BCUT2D eigenvalue weighted by Crippen LogP contribution is 2.37. The van der Waals surface area contributed by atoms with Crippen LogP contribution in [-0.2, 0) is 25.7 Å². The molecule has 0 unspecified atom stereocenters. The first-order chi connectivity index (χ1) is 18.6. The van der Waals surface area contributed by atoms with Crippen LogP contribution < -0.4 is 5.32 Å². The van der Waals surface area contributed by atoms with E-state index in [2.05, 4.69) is 15.2 Å². The van der Waals surface area contributed by atoms with Crippen molar-refractivity contribution >= 4 is 46.2 Å². The smallest absolute Gasteiger partial charge is 0.333 e. The molecular weight excluding hydrogens is 555 g/mol. The molecule has 11 heteroatoms. The molecule has 1 aliphatic heterocycles. The number of fused-ring (bicyclic) bond motifs is 3. The maximum absolute atomic E-state index is 14.5. The first-order valence-electron chi connectivity index (χ1n) is 12.1. The van der Waals surface area contributed by atoms with Crippen LogP contribution in [0.15, 0.2) is 60.8 Å². The number of halogens is 6. The Hall–Kier alpha value is -3.40. The Labute approximate surface area is 231 Å². The van der Waals surface area contributed by atoms with Gasteiger partial charge in [-0.25, -0.2) is 14.2 Å². The number of nitrogens with zero attached hydrogens (tertiary/aromatic N) is 3. The second kappa shape index (κ2) is 11.0. The SMILES string of the molecule is O=C(NCc1ccnc(Cl)c1)n1c2c(c3c(Cl)c(F)ccc31)CN(CC=Cc1ccc(C(F)(F)F)cc1)CC2. The quantitative estimate of drug-likeness (QED) is 0.200. The number of aromatic nitrogens is 2. The van der Waals surface area contributed by atoms with Gasteiger partial charge in [-0.1, -0.05) is 47.5 Å². The Morgan fingerprint density at radius 3 is 2.59 bits per heavy atom. The summed E-state index contributed by atoms with van der Waals surface area (Å²) in [4.78, 5) is 19.4. The molecule has 4 aromatic rings. The van der Waals surface area contributed by atoms with Gasteiger partial charge in [0, 0.05) is 49.9 Å². The van der Waals surface area contributed by atoms with Crippen molar-refractivity contribution in [2.75, 3.05) is 13.1 Å². The molecule has 5 nitrogen and oxygen atoms in total. The number of carbonyl (C=O) groups excluding carboxylic acids is 1. The van der Waals surface area contributed by atoms with Crippen molar-refractivity contribution < 1.29 is 22.4 Å². The number of amides is 1. The average Bonchev–Trinajstić information content (AvgIpc) is 3.23. The molecule has 1 amide bonds. The van der Waals surface area contributed by atoms with Gasteiger partial charge in [-0.3, -0.25) is 9.47 Å². The molecule has 5 rings (SSSR count). The molecule has 0 spiro atoms. The zero-order valence-corrected chi connectivity index (χ0v) is 21.9. The highest BCUT2D eigenvalue weighted by atomic mass is 35.5. The number of rotatable bonds is 5. The van der Waals surface area contributed by atoms with Crippen molar-refractivity contribution in [1.29, 1.82) is 0 Å². The molecule has 39 heavy (non-hydrogen) atoms. The summed E-state index contributed by atoms with van der Waals surface area (Å²) in [7, 11) is 0. The van der Waals surface area contributed by atoms with Gasteiger partial charge in [-0.05, 0) is 53.1 Å². The van der Waals surface area contributed by atoms with E-state index in [1.54, 1.807) is 35.0 Å². The highest BCUT2D eigenvalue weighted by Gasteiger charge is 2.30. The third-order valence-corrected chi connectivity index (χ3v) is 7.21. The molecule has 1 aliphatic rings. The number of pyridine rings is 1. The Balaban J connectivity index is 1.36. The van der Waals surface area contributed by atoms with E-state index in [4.69, 9.17) is 23.2 Å². The molecule has 202 valence electrons. The van der Waals surface area contributed by atoms with E-state index >= 15 is 0 Å². The Bertz CT molecular complexity index is 1560. The Morgan fingerprint density at radius 2 is 1.87 bits per heavy atom. The first kappa shape index (κ1) is 27.2. The molecule has 2 aromatic carbocycles. The van der Waals surface area contributed by atoms with Crippen LogP contribution in [0.2, 0.25) is 10.2 Å². The van der Waals surface area contributed by atoms with Gasteiger partial charge in [0.2, 0.25) is 0 Å². The molecular formula is C28H22Cl2F4N4O. The van der Waals surface area contributed by atoms with Crippen LogP contribution in [0.4, 0.5) is 22.4 Å². The summed E-state index contributed by atoms with van der Waals surface area (Å²) in [6.45, 7) is 1.78. The summed E-state index contributed by atoms with van der Waals surface area (Å²) in [5.74, 6) is -0.574. The van der Waals surface area contributed by atoms with E-state index in [0.717, 1.165) is 29.0 Å². The maximum atomic E-state index is 14.5. The van der Waals surface area contributed by atoms with Gasteiger partial charge in [-0.2, -0.15) is 13.2 Å². The molecule has 2 aromatic heterocycles. The maximum Gasteiger partial charge on any atom is 0.416 e. The van der Waals surface area contributed by atoms with Crippen LogP contribution in [0.25, 0.3) is 17.0 Å². The standard InChI is InChI=1S/C28H22Cl2F4N4O/c29-24-14-18(9-11-35-24)15-36-27(39)38-22-10-13-37(16-20(22)25-23(38)8-7-21(31)26(25)30)12-1-2-17-3-5-19(6-4-17)28(32,33)34/h1-9,11,14H,10,12-13,15-16H2,(H,36,39). The van der Waals surface area contributed by atoms with Gasteiger partial charge in [0.15, 0.2) is 0 Å². The second-order valence-corrected chi connectivity index (χ2v) is 9.93. The lowest BCUT2D eigenvalue weighted by Crippen LogP contribution is -2.34. The number of nitrogens with one attached hydrogen (secondary N) is 1. The lowest BCUT2D eigenvalue weighted by molar-refractivity contribution is -0.137. The summed E-state index contributed by atoms with van der Waals surface area (Å²) >= 11 is 12.3. The molecule has 0 radical (unpaired) electrons. The van der Waals surface area contributed by atoms with Crippen molar-refractivity contribution in [2.45, 2.75) is 25.7 Å². The van der Waals surface area contributed by atoms with Crippen molar-refractivity contribution in [3.63, 3.8) is 0 Å². The topological polar surface area (TPSA) is 50.2 Å². The fourth-order valence-corrected chi connectivity index (χ4v) is 5.23. The summed E-state index contributed by atoms with van der Waals surface area (Å²) in [6, 6.07) is 10.8. The molecule has 0 bridgehead atoms. The normalized spacial score (nSPS) is 14.2. The summed E-state index contributed by atoms with van der Waals surface area (Å²) in [6.07, 6.45) is 1.31. The number of alkyl halides is 3. The predicted octanol–water partition coefficient (Wildman–Crippen LogP) is 7.33. The third kappa shape index (κ3) is 5.80. The fraction of sp³-hybridized carbons (Fsp3) is 0.214. The van der Waals surface area contributed by atoms with Crippen molar-refractivity contribution in [3.8, 4) is 0 Å². The molecule has 3 heterocycles. The van der Waals surface area contributed by atoms with Gasteiger partial charge in [-0.15, -0.1) is 0 Å². The van der Waals surface area contributed by atoms with Gasteiger partial charge < -0.3 is 5.32 Å². The van der Waals surface area contributed by atoms with Gasteiger partial charge in [0.05, 0.1) is 16.1 Å². The molecule has 0 atom stereocenters. The summed E-state index contributed by atoms with van der Waals surface area (Å²) in [5, 5.41) is 3.65. The van der Waals surface area contributed by atoms with Crippen molar-refractivity contribution in [2.24, 2.45) is 0 Å². The minimum Gasteiger partial charge on any atom is -0.333 e. The van der Waals surface area contributed by atoms with Crippen LogP contribution in [0.5, 0.6) is 0 Å². The third-order valence-electron chi connectivity index (χ3n) is 6.63. The second-order valence-electron chi connectivity index (χ2n) is 9.17. The van der Waals surface area contributed by atoms with E-state index in [0.29, 0.717) is 47.7 Å². The molecule has 0 saturated carbocycles. The molecule has 0 saturated heterocycles. The van der Waals surface area contributed by atoms with E-state index in [1.807, 2.05) is 6.08 Å². The number of carbonyl (C=O) groups is 1. The lowest BCUT2D eigenvalue weighted by Gasteiger charge is -2.27. The minimum absolute atomic E-state index is 0.0432. The van der Waals surface area contributed by atoms with Crippen LogP contribution in [0.3, 0.4) is 0 Å². The Morgan fingerprint density at radius 1 is 1.10 bits per heavy atom. The van der Waals surface area contributed by atoms with Crippen molar-refractivity contribution in [1.82, 2.24) is 19.8 Å². The van der Waals surface area contributed by atoms with E-state index < -0.39 is 17.6 Å². The van der Waals surface area contributed by atoms with Gasteiger partial charge >= 0.3 is 12.2 Å². The number of hydrogen-bond acceptors (Lipinski definition) is 3. The lowest BCUT2D eigenvalue weighted by atomic mass is 10.0. The molecule has 0 fully saturated rings. The molecule has 1 N–H and O–H groups in total. The molecule has 0 aliphatic carbocycles. The van der Waals surface area contributed by atoms with Crippen LogP contribution in [0, 0.1) is 5.82 Å². The highest BCUT2D eigenvalue weighted by molar-refractivity contribution is 6.36. The Kier molecular flexibility index (Phi) is 7.66. The van der Waals surface area contributed by atoms with E-state index in [9.17, 15) is 22.4 Å². The van der Waals surface area contributed by atoms with Crippen LogP contribution >= 0.6 is 23.2 Å². The van der Waals surface area contributed by atoms with Crippen LogP contribution in [0.1, 0.15) is 27.9 Å². The average molecular weight is 577 g/mol. The monoisotopic (exact) mass is 576 g/mol. The minimum atomic E-state index is -4.38.